The van der Waals surface area contributed by atoms with Gasteiger partial charge < -0.3 is 19.2 Å². The van der Waals surface area contributed by atoms with Crippen LogP contribution in [0.5, 0.6) is 0 Å². The number of nitrogens with one attached hydrogen (secondary N) is 1. The summed E-state index contributed by atoms with van der Waals surface area (Å²) in [5.41, 5.74) is -0.0195. The van der Waals surface area contributed by atoms with Crippen molar-refractivity contribution >= 4 is 44.1 Å². The largest absolute Gasteiger partial charge is 0.449 e. The highest BCUT2D eigenvalue weighted by molar-refractivity contribution is 9.10. The quantitative estimate of drug-likeness (QED) is 0.588. The minimum atomic E-state index is -0.728. The monoisotopic (exact) mass is 449 g/mol. The van der Waals surface area contributed by atoms with Crippen molar-refractivity contribution in [1.82, 2.24) is 14.9 Å². The van der Waals surface area contributed by atoms with Crippen molar-refractivity contribution < 1.29 is 19.1 Å². The van der Waals surface area contributed by atoms with E-state index in [0.29, 0.717) is 22.3 Å². The van der Waals surface area contributed by atoms with Crippen molar-refractivity contribution in [2.75, 3.05) is 6.54 Å². The van der Waals surface area contributed by atoms with Gasteiger partial charge in [0.25, 0.3) is 5.56 Å². The van der Waals surface area contributed by atoms with E-state index >= 15 is 0 Å². The van der Waals surface area contributed by atoms with Gasteiger partial charge in [0.05, 0.1) is 18.7 Å². The van der Waals surface area contributed by atoms with E-state index in [1.165, 1.54) is 4.90 Å². The summed E-state index contributed by atoms with van der Waals surface area (Å²) in [7, 11) is 0. The SMILES string of the molecule is CC(C)(C)OC(=O)N1C[C@@H](O)C[C@H]1c1nc2c(oc3ccc(Br)cc32)c(=O)[nH]1. The molecule has 2 atom stereocenters. The topological polar surface area (TPSA) is 109 Å². The summed E-state index contributed by atoms with van der Waals surface area (Å²) >= 11 is 3.41. The van der Waals surface area contributed by atoms with Crippen LogP contribution in [0.1, 0.15) is 39.1 Å². The molecule has 1 fully saturated rings. The van der Waals surface area contributed by atoms with Crippen molar-refractivity contribution in [2.45, 2.75) is 44.9 Å². The average molecular weight is 450 g/mol. The van der Waals surface area contributed by atoms with Crippen LogP contribution in [0.4, 0.5) is 4.79 Å². The Morgan fingerprint density at radius 3 is 2.89 bits per heavy atom. The number of furan rings is 1. The van der Waals surface area contributed by atoms with Gasteiger partial charge >= 0.3 is 6.09 Å². The highest BCUT2D eigenvalue weighted by Crippen LogP contribution is 2.33. The number of hydrogen-bond donors (Lipinski definition) is 2. The lowest BCUT2D eigenvalue weighted by Gasteiger charge is -2.27. The van der Waals surface area contributed by atoms with Crippen LogP contribution in [0, 0.1) is 0 Å². The molecule has 9 heteroatoms. The van der Waals surface area contributed by atoms with E-state index in [9.17, 15) is 14.7 Å². The van der Waals surface area contributed by atoms with Gasteiger partial charge in [0.2, 0.25) is 5.58 Å². The van der Waals surface area contributed by atoms with Crippen molar-refractivity contribution in [2.24, 2.45) is 0 Å². The van der Waals surface area contributed by atoms with Crippen LogP contribution in [0.2, 0.25) is 0 Å². The van der Waals surface area contributed by atoms with Gasteiger partial charge in [0, 0.05) is 16.3 Å². The maximum atomic E-state index is 12.6. The summed E-state index contributed by atoms with van der Waals surface area (Å²) in [6.07, 6.45) is -1.03. The summed E-state index contributed by atoms with van der Waals surface area (Å²) < 4.78 is 11.9. The van der Waals surface area contributed by atoms with Crippen LogP contribution >= 0.6 is 15.9 Å². The number of nitrogens with zero attached hydrogens (tertiary/aromatic N) is 2. The fourth-order valence-corrected chi connectivity index (χ4v) is 3.76. The smallest absolute Gasteiger partial charge is 0.411 e. The molecule has 1 aromatic carbocycles. The van der Waals surface area contributed by atoms with Crippen LogP contribution in [0.3, 0.4) is 0 Å². The second-order valence-corrected chi connectivity index (χ2v) is 8.83. The first-order chi connectivity index (χ1) is 13.1. The second-order valence-electron chi connectivity index (χ2n) is 7.91. The third-order valence-electron chi connectivity index (χ3n) is 4.53. The highest BCUT2D eigenvalue weighted by Gasteiger charge is 2.39. The molecule has 8 nitrogen and oxygen atoms in total. The number of carbonyl (C=O) groups is 1. The van der Waals surface area contributed by atoms with Crippen LogP contribution in [-0.4, -0.2) is 44.3 Å². The average Bonchev–Trinajstić information content (AvgIpc) is 3.14. The molecular weight excluding hydrogens is 430 g/mol. The molecule has 3 aromatic rings. The van der Waals surface area contributed by atoms with E-state index in [4.69, 9.17) is 9.15 Å². The van der Waals surface area contributed by atoms with Crippen LogP contribution in [0.15, 0.2) is 31.9 Å². The zero-order valence-corrected chi connectivity index (χ0v) is 17.2. The number of rotatable bonds is 1. The molecule has 3 heterocycles. The van der Waals surface area contributed by atoms with Crippen LogP contribution in [-0.2, 0) is 4.74 Å². The number of benzene rings is 1. The van der Waals surface area contributed by atoms with E-state index in [1.54, 1.807) is 26.8 Å². The number of halogens is 1. The molecule has 0 radical (unpaired) electrons. The van der Waals surface area contributed by atoms with E-state index < -0.39 is 29.4 Å². The minimum Gasteiger partial charge on any atom is -0.449 e. The fourth-order valence-electron chi connectivity index (χ4n) is 3.40. The van der Waals surface area contributed by atoms with Gasteiger partial charge in [-0.2, -0.15) is 0 Å². The molecule has 1 aliphatic heterocycles. The zero-order chi connectivity index (χ0) is 20.2. The lowest BCUT2D eigenvalue weighted by Crippen LogP contribution is -2.38. The Hall–Kier alpha value is -2.39. The van der Waals surface area contributed by atoms with Crippen molar-refractivity contribution in [3.63, 3.8) is 0 Å². The summed E-state index contributed by atoms with van der Waals surface area (Å²) in [4.78, 5) is 33.9. The molecule has 1 saturated heterocycles. The van der Waals surface area contributed by atoms with Gasteiger partial charge in [0.15, 0.2) is 0 Å². The number of H-pyrrole nitrogens is 1. The summed E-state index contributed by atoms with van der Waals surface area (Å²) in [6, 6.07) is 4.80. The van der Waals surface area contributed by atoms with Crippen molar-refractivity contribution in [1.29, 1.82) is 0 Å². The lowest BCUT2D eigenvalue weighted by molar-refractivity contribution is 0.0201. The molecule has 0 unspecified atom stereocenters. The highest BCUT2D eigenvalue weighted by atomic mass is 79.9. The molecule has 1 amide bonds. The zero-order valence-electron chi connectivity index (χ0n) is 15.7. The molecule has 0 aliphatic carbocycles. The molecule has 2 N–H and O–H groups in total. The van der Waals surface area contributed by atoms with Gasteiger partial charge in [-0.05, 0) is 39.0 Å². The van der Waals surface area contributed by atoms with E-state index in [1.807, 2.05) is 12.1 Å². The molecule has 148 valence electrons. The van der Waals surface area contributed by atoms with Gasteiger partial charge in [-0.1, -0.05) is 15.9 Å². The van der Waals surface area contributed by atoms with E-state index in [-0.39, 0.29) is 18.5 Å². The number of carbonyl (C=O) groups excluding carboxylic acids is 1. The van der Waals surface area contributed by atoms with Crippen LogP contribution < -0.4 is 5.56 Å². The first-order valence-electron chi connectivity index (χ1n) is 8.92. The number of aliphatic hydroxyl groups is 1. The number of aliphatic hydroxyl groups excluding tert-OH is 1. The second kappa shape index (κ2) is 6.59. The van der Waals surface area contributed by atoms with Gasteiger partial charge in [-0.3, -0.25) is 9.69 Å². The number of ether oxygens (including phenoxy) is 1. The number of hydrogen-bond acceptors (Lipinski definition) is 6. The predicted octanol–water partition coefficient (Wildman–Crippen LogP) is 3.47. The van der Waals surface area contributed by atoms with Gasteiger partial charge in [0.1, 0.15) is 22.5 Å². The van der Waals surface area contributed by atoms with Gasteiger partial charge in [-0.25, -0.2) is 9.78 Å². The normalized spacial score (nSPS) is 20.2. The fraction of sp³-hybridized carbons (Fsp3) is 0.421. The Bertz CT molecular complexity index is 1130. The standard InChI is InChI=1S/C19H20BrN3O5/c1-19(2,3)28-18(26)23-8-10(24)7-12(23)16-21-14-11-6-9(20)4-5-13(11)27-15(14)17(25)22-16/h4-6,10,12,24H,7-8H2,1-3H3,(H,21,22,25)/t10-,12-/m0/s1. The molecule has 2 aromatic heterocycles. The Balaban J connectivity index is 1.80. The number of aromatic amines is 1. The Morgan fingerprint density at radius 1 is 1.43 bits per heavy atom. The summed E-state index contributed by atoms with van der Waals surface area (Å²) in [6.45, 7) is 5.43. The predicted molar refractivity (Wildman–Crippen MR) is 106 cm³/mol. The molecule has 28 heavy (non-hydrogen) atoms. The van der Waals surface area contributed by atoms with E-state index in [0.717, 1.165) is 4.47 Å². The first-order valence-corrected chi connectivity index (χ1v) is 9.71. The molecule has 0 bridgehead atoms. The molecule has 0 spiro atoms. The van der Waals surface area contributed by atoms with Crippen molar-refractivity contribution in [3.05, 3.63) is 38.9 Å². The van der Waals surface area contributed by atoms with E-state index in [2.05, 4.69) is 25.9 Å². The Kier molecular flexibility index (Phi) is 4.46. The number of amides is 1. The van der Waals surface area contributed by atoms with Crippen molar-refractivity contribution in [3.8, 4) is 0 Å². The summed E-state index contributed by atoms with van der Waals surface area (Å²) in [5.74, 6) is 0.294. The number of fused-ring (bicyclic) bond motifs is 3. The molecule has 4 rings (SSSR count). The maximum Gasteiger partial charge on any atom is 0.411 e. The third-order valence-corrected chi connectivity index (χ3v) is 5.02. The minimum absolute atomic E-state index is 0.110. The maximum absolute atomic E-state index is 12.6. The van der Waals surface area contributed by atoms with Gasteiger partial charge in [-0.15, -0.1) is 0 Å². The third kappa shape index (κ3) is 3.40. The first kappa shape index (κ1) is 18.9. The Morgan fingerprint density at radius 2 is 2.18 bits per heavy atom. The molecule has 1 aliphatic rings. The lowest BCUT2D eigenvalue weighted by atomic mass is 10.1. The number of β-amino-alcohol motifs (C(OH)–C–C–N with tert-alkyl or cyclic N) is 1. The molecular formula is C19H20BrN3O5. The molecule has 0 saturated carbocycles. The number of aromatic nitrogens is 2. The Labute approximate surface area is 168 Å². The summed E-state index contributed by atoms with van der Waals surface area (Å²) in [5, 5.41) is 10.8. The van der Waals surface area contributed by atoms with Crippen LogP contribution in [0.25, 0.3) is 22.1 Å². The number of likely N-dealkylation sites (tertiary alicyclic amines) is 1.